The van der Waals surface area contributed by atoms with Crippen LogP contribution in [0.25, 0.3) is 11.4 Å². The molecule has 4 heteroatoms. The number of nitrogens with zero attached hydrogens (tertiary/aromatic N) is 2. The highest BCUT2D eigenvalue weighted by Crippen LogP contribution is 2.36. The molecule has 1 aromatic heterocycles. The summed E-state index contributed by atoms with van der Waals surface area (Å²) in [7, 11) is 0. The smallest absolute Gasteiger partial charge is 0.159 e. The van der Waals surface area contributed by atoms with Crippen LogP contribution in [0.4, 0.5) is 0 Å². The third-order valence-electron chi connectivity index (χ3n) is 4.45. The highest BCUT2D eigenvalue weighted by Gasteiger charge is 2.42. The number of hydrogen-bond donors (Lipinski definition) is 0. The lowest BCUT2D eigenvalue weighted by Crippen LogP contribution is -2.16. The third-order valence-corrected chi connectivity index (χ3v) is 4.45. The van der Waals surface area contributed by atoms with E-state index < -0.39 is 5.92 Å². The maximum atomic E-state index is 12.6. The molecule has 1 fully saturated rings. The highest BCUT2D eigenvalue weighted by atomic mass is 16.2. The number of carbonyl (C=O) groups excluding carboxylic acids is 2. The molecule has 0 radical (unpaired) electrons. The van der Waals surface area contributed by atoms with E-state index in [0.29, 0.717) is 12.2 Å². The topological polar surface area (TPSA) is 59.9 Å². The predicted octanol–water partition coefficient (Wildman–Crippen LogP) is 3.03. The van der Waals surface area contributed by atoms with Crippen LogP contribution in [0.1, 0.15) is 35.4 Å². The summed E-state index contributed by atoms with van der Waals surface area (Å²) in [4.78, 5) is 33.6. The van der Waals surface area contributed by atoms with Crippen LogP contribution in [0.2, 0.25) is 0 Å². The van der Waals surface area contributed by atoms with Gasteiger partial charge in [0.1, 0.15) is 11.7 Å². The van der Waals surface area contributed by atoms with Gasteiger partial charge in [0, 0.05) is 36.7 Å². The van der Waals surface area contributed by atoms with Gasteiger partial charge in [0.2, 0.25) is 0 Å². The Labute approximate surface area is 141 Å². The molecule has 0 spiro atoms. The Morgan fingerprint density at radius 1 is 1.21 bits per heavy atom. The summed E-state index contributed by atoms with van der Waals surface area (Å²) in [5.74, 6) is 1.89. The molecular weight excluding hydrogens is 300 g/mol. The summed E-state index contributed by atoms with van der Waals surface area (Å²) < 4.78 is 0. The molecule has 1 aromatic carbocycles. The van der Waals surface area contributed by atoms with Gasteiger partial charge in [0.25, 0.3) is 0 Å². The molecule has 1 aliphatic rings. The van der Waals surface area contributed by atoms with E-state index in [1.807, 2.05) is 32.0 Å². The van der Waals surface area contributed by atoms with E-state index in [2.05, 4.69) is 15.9 Å². The number of ketones is 2. The molecule has 4 nitrogen and oxygen atoms in total. The number of aromatic nitrogens is 2. The summed E-state index contributed by atoms with van der Waals surface area (Å²) in [5.41, 5.74) is 3.44. The van der Waals surface area contributed by atoms with Gasteiger partial charge in [-0.05, 0) is 36.6 Å². The molecule has 24 heavy (non-hydrogen) atoms. The lowest BCUT2D eigenvalue weighted by molar-refractivity contribution is -0.124. The van der Waals surface area contributed by atoms with Crippen LogP contribution in [-0.4, -0.2) is 21.5 Å². The van der Waals surface area contributed by atoms with E-state index in [1.165, 1.54) is 0 Å². The quantitative estimate of drug-likeness (QED) is 0.645. The normalized spacial score (nSPS) is 20.2. The Hall–Kier alpha value is -2.80. The second kappa shape index (κ2) is 6.37. The standard InChI is InChI=1S/C20H18N2O2/c1-4-5-14-9-17(23)18(19(14)24)16-8-15(7-6-13(16)3)20-21-10-12(2)11-22-20/h1,6-8,10-11,14,18H,5,9H2,2-3H3. The minimum Gasteiger partial charge on any atom is -0.298 e. The van der Waals surface area contributed by atoms with Gasteiger partial charge in [0.05, 0.1) is 0 Å². The zero-order valence-electron chi connectivity index (χ0n) is 13.7. The van der Waals surface area contributed by atoms with Crippen molar-refractivity contribution in [1.82, 2.24) is 9.97 Å². The molecule has 2 atom stereocenters. The number of rotatable bonds is 3. The van der Waals surface area contributed by atoms with Gasteiger partial charge in [-0.25, -0.2) is 9.97 Å². The first-order valence-electron chi connectivity index (χ1n) is 7.90. The summed E-state index contributed by atoms with van der Waals surface area (Å²) in [6.07, 6.45) is 9.36. The molecule has 1 saturated carbocycles. The van der Waals surface area contributed by atoms with E-state index in [4.69, 9.17) is 6.42 Å². The lowest BCUT2D eigenvalue weighted by atomic mass is 9.89. The Balaban J connectivity index is 2.01. The fourth-order valence-corrected chi connectivity index (χ4v) is 3.13. The summed E-state index contributed by atoms with van der Waals surface area (Å²) >= 11 is 0. The molecule has 120 valence electrons. The average Bonchev–Trinajstić information content (AvgIpc) is 2.84. The molecule has 0 aliphatic heterocycles. The number of carbonyl (C=O) groups is 2. The second-order valence-electron chi connectivity index (χ2n) is 6.27. The van der Waals surface area contributed by atoms with Crippen molar-refractivity contribution >= 4 is 11.6 Å². The van der Waals surface area contributed by atoms with Crippen molar-refractivity contribution in [3.05, 3.63) is 47.3 Å². The van der Waals surface area contributed by atoms with Gasteiger partial charge in [-0.3, -0.25) is 9.59 Å². The van der Waals surface area contributed by atoms with E-state index in [0.717, 1.165) is 22.3 Å². The van der Waals surface area contributed by atoms with Gasteiger partial charge in [-0.2, -0.15) is 0 Å². The average molecular weight is 318 g/mol. The van der Waals surface area contributed by atoms with Crippen LogP contribution in [0.5, 0.6) is 0 Å². The molecule has 3 rings (SSSR count). The summed E-state index contributed by atoms with van der Waals surface area (Å²) in [6, 6.07) is 5.67. The maximum Gasteiger partial charge on any atom is 0.159 e. The zero-order valence-corrected chi connectivity index (χ0v) is 13.7. The number of terminal acetylenes is 1. The molecule has 0 bridgehead atoms. The van der Waals surface area contributed by atoms with E-state index in [-0.39, 0.29) is 23.9 Å². The van der Waals surface area contributed by atoms with Crippen molar-refractivity contribution in [1.29, 1.82) is 0 Å². The van der Waals surface area contributed by atoms with Crippen LogP contribution in [0.15, 0.2) is 30.6 Å². The second-order valence-corrected chi connectivity index (χ2v) is 6.27. The molecular formula is C20H18N2O2. The van der Waals surface area contributed by atoms with Gasteiger partial charge in [-0.1, -0.05) is 12.1 Å². The van der Waals surface area contributed by atoms with E-state index >= 15 is 0 Å². The fourth-order valence-electron chi connectivity index (χ4n) is 3.13. The van der Waals surface area contributed by atoms with Crippen molar-refractivity contribution in [3.8, 4) is 23.7 Å². The minimum atomic E-state index is -0.714. The molecule has 2 unspecified atom stereocenters. The van der Waals surface area contributed by atoms with E-state index in [1.54, 1.807) is 12.4 Å². The number of hydrogen-bond acceptors (Lipinski definition) is 4. The Kier molecular flexibility index (Phi) is 4.26. The van der Waals surface area contributed by atoms with Crippen molar-refractivity contribution in [3.63, 3.8) is 0 Å². The minimum absolute atomic E-state index is 0.0506. The van der Waals surface area contributed by atoms with Crippen LogP contribution in [-0.2, 0) is 9.59 Å². The SMILES string of the molecule is C#CCC1CC(=O)C(c2cc(-c3ncc(C)cn3)ccc2C)C1=O. The first-order chi connectivity index (χ1) is 11.5. The largest absolute Gasteiger partial charge is 0.298 e. The van der Waals surface area contributed by atoms with Gasteiger partial charge in [-0.15, -0.1) is 12.3 Å². The van der Waals surface area contributed by atoms with Crippen molar-refractivity contribution in [2.45, 2.75) is 32.6 Å². The lowest BCUT2D eigenvalue weighted by Gasteiger charge is -2.13. The van der Waals surface area contributed by atoms with E-state index in [9.17, 15) is 9.59 Å². The molecule has 0 saturated heterocycles. The van der Waals surface area contributed by atoms with Crippen molar-refractivity contribution in [2.24, 2.45) is 5.92 Å². The predicted molar refractivity (Wildman–Crippen MR) is 91.3 cm³/mol. The first kappa shape index (κ1) is 16.1. The molecule has 1 aliphatic carbocycles. The molecule has 0 N–H and O–H groups in total. The van der Waals surface area contributed by atoms with Crippen molar-refractivity contribution < 1.29 is 9.59 Å². The van der Waals surface area contributed by atoms with Gasteiger partial charge in [0.15, 0.2) is 11.6 Å². The maximum absolute atomic E-state index is 12.6. The third kappa shape index (κ3) is 2.85. The summed E-state index contributed by atoms with van der Waals surface area (Å²) in [5, 5.41) is 0. The first-order valence-corrected chi connectivity index (χ1v) is 7.90. The van der Waals surface area contributed by atoms with Gasteiger partial charge >= 0.3 is 0 Å². The van der Waals surface area contributed by atoms with Crippen LogP contribution in [0, 0.1) is 32.1 Å². The molecule has 2 aromatic rings. The number of aryl methyl sites for hydroxylation is 2. The monoisotopic (exact) mass is 318 g/mol. The van der Waals surface area contributed by atoms with Gasteiger partial charge < -0.3 is 0 Å². The van der Waals surface area contributed by atoms with Crippen molar-refractivity contribution in [2.75, 3.05) is 0 Å². The molecule has 0 amide bonds. The van der Waals surface area contributed by atoms with Crippen LogP contribution in [0.3, 0.4) is 0 Å². The fraction of sp³-hybridized carbons (Fsp3) is 0.300. The highest BCUT2D eigenvalue weighted by molar-refractivity contribution is 6.14. The molecule has 1 heterocycles. The number of benzene rings is 1. The van der Waals surface area contributed by atoms with Crippen LogP contribution < -0.4 is 0 Å². The Morgan fingerprint density at radius 2 is 1.92 bits per heavy atom. The van der Waals surface area contributed by atoms with Crippen LogP contribution >= 0.6 is 0 Å². The number of Topliss-reactive ketones (excluding diaryl/α,β-unsaturated/α-hetero) is 2. The zero-order chi connectivity index (χ0) is 17.3. The summed E-state index contributed by atoms with van der Waals surface area (Å²) in [6.45, 7) is 3.83. The Bertz CT molecular complexity index is 847. The Morgan fingerprint density at radius 3 is 2.58 bits per heavy atom.